The summed E-state index contributed by atoms with van der Waals surface area (Å²) in [6.45, 7) is -0.347. The van der Waals surface area contributed by atoms with Crippen LogP contribution < -0.4 is 21.8 Å². The van der Waals surface area contributed by atoms with Gasteiger partial charge in [0.05, 0.1) is 22.5 Å². The molecule has 1 heterocycles. The molecule has 0 aliphatic carbocycles. The third kappa shape index (κ3) is 5.43. The normalized spacial score (nSPS) is 11.8. The maximum Gasteiger partial charge on any atom is 0.326 e. The van der Waals surface area contributed by atoms with Crippen molar-refractivity contribution in [2.45, 2.75) is 19.0 Å². The summed E-state index contributed by atoms with van der Waals surface area (Å²) in [5.41, 5.74) is -0.914. The lowest BCUT2D eigenvalue weighted by atomic mass is 10.1. The van der Waals surface area contributed by atoms with Gasteiger partial charge < -0.3 is 25.7 Å². The van der Waals surface area contributed by atoms with E-state index in [4.69, 9.17) is 0 Å². The van der Waals surface area contributed by atoms with Gasteiger partial charge in [0, 0.05) is 25.1 Å². The fourth-order valence-electron chi connectivity index (χ4n) is 3.13. The molecule has 0 saturated carbocycles. The zero-order valence-electron chi connectivity index (χ0n) is 16.6. The van der Waals surface area contributed by atoms with Gasteiger partial charge in [-0.3, -0.25) is 24.5 Å². The number of aliphatic carboxylic acids is 1. The van der Waals surface area contributed by atoms with E-state index in [0.29, 0.717) is 0 Å². The predicted molar refractivity (Wildman–Crippen MR) is 113 cm³/mol. The SMILES string of the molecule is O=C(CNCc1cc([N+](=O)[O-])cc2[nH]c(=O)c(=O)[nH]c12)NC(Cc1ccccc1)C(=O)O. The predicted octanol–water partition coefficient (Wildman–Crippen LogP) is 0.0263. The summed E-state index contributed by atoms with van der Waals surface area (Å²) in [6, 6.07) is 10.0. The van der Waals surface area contributed by atoms with E-state index in [1.54, 1.807) is 30.3 Å². The molecule has 1 atom stereocenters. The molecule has 0 radical (unpaired) electrons. The minimum Gasteiger partial charge on any atom is -0.480 e. The molecular formula is C20H19N5O7. The van der Waals surface area contributed by atoms with E-state index in [9.17, 15) is 34.4 Å². The number of nitro groups is 1. The second kappa shape index (κ2) is 9.66. The summed E-state index contributed by atoms with van der Waals surface area (Å²) in [5, 5.41) is 25.7. The van der Waals surface area contributed by atoms with Gasteiger partial charge in [0.1, 0.15) is 6.04 Å². The molecule has 3 aromatic rings. The van der Waals surface area contributed by atoms with Gasteiger partial charge in [-0.05, 0) is 11.1 Å². The van der Waals surface area contributed by atoms with Crippen LogP contribution in [0.5, 0.6) is 0 Å². The van der Waals surface area contributed by atoms with Crippen LogP contribution in [0.4, 0.5) is 5.69 Å². The number of benzene rings is 2. The number of carbonyl (C=O) groups excluding carboxylic acids is 1. The average Bonchev–Trinajstić information content (AvgIpc) is 2.74. The van der Waals surface area contributed by atoms with Crippen molar-refractivity contribution in [1.29, 1.82) is 0 Å². The van der Waals surface area contributed by atoms with Crippen molar-refractivity contribution in [2.75, 3.05) is 6.54 Å². The van der Waals surface area contributed by atoms with Gasteiger partial charge in [-0.1, -0.05) is 30.3 Å². The average molecular weight is 441 g/mol. The lowest BCUT2D eigenvalue weighted by molar-refractivity contribution is -0.384. The maximum absolute atomic E-state index is 12.2. The molecule has 0 aliphatic heterocycles. The summed E-state index contributed by atoms with van der Waals surface area (Å²) in [5.74, 6) is -1.78. The van der Waals surface area contributed by atoms with Crippen LogP contribution in [0.3, 0.4) is 0 Å². The molecule has 0 aliphatic rings. The van der Waals surface area contributed by atoms with E-state index >= 15 is 0 Å². The van der Waals surface area contributed by atoms with E-state index in [0.717, 1.165) is 11.6 Å². The topological polar surface area (TPSA) is 187 Å². The Morgan fingerprint density at radius 1 is 1.09 bits per heavy atom. The number of nitrogens with one attached hydrogen (secondary N) is 4. The highest BCUT2D eigenvalue weighted by Crippen LogP contribution is 2.21. The Labute approximate surface area is 179 Å². The fourth-order valence-corrected chi connectivity index (χ4v) is 3.13. The van der Waals surface area contributed by atoms with Gasteiger partial charge in [0.15, 0.2) is 0 Å². The molecule has 3 rings (SSSR count). The number of aromatic amines is 2. The van der Waals surface area contributed by atoms with Crippen molar-refractivity contribution < 1.29 is 19.6 Å². The van der Waals surface area contributed by atoms with Crippen LogP contribution in [0.1, 0.15) is 11.1 Å². The Morgan fingerprint density at radius 2 is 1.78 bits per heavy atom. The van der Waals surface area contributed by atoms with Crippen LogP contribution in [-0.4, -0.2) is 44.5 Å². The summed E-state index contributed by atoms with van der Waals surface area (Å²) in [7, 11) is 0. The number of carboxylic acids is 1. The van der Waals surface area contributed by atoms with Gasteiger partial charge in [-0.25, -0.2) is 4.79 Å². The number of hydrogen-bond donors (Lipinski definition) is 5. The van der Waals surface area contributed by atoms with Crippen LogP contribution in [0.15, 0.2) is 52.1 Å². The molecule has 1 aromatic heterocycles. The molecule has 0 spiro atoms. The zero-order valence-corrected chi connectivity index (χ0v) is 16.6. The van der Waals surface area contributed by atoms with E-state index < -0.39 is 34.0 Å². The number of non-ortho nitro benzene ring substituents is 1. The number of nitrogens with zero attached hydrogens (tertiary/aromatic N) is 1. The number of amides is 1. The van der Waals surface area contributed by atoms with Crippen LogP contribution >= 0.6 is 0 Å². The smallest absolute Gasteiger partial charge is 0.326 e. The quantitative estimate of drug-likeness (QED) is 0.175. The van der Waals surface area contributed by atoms with Crippen molar-refractivity contribution in [3.63, 3.8) is 0 Å². The van der Waals surface area contributed by atoms with Gasteiger partial charge in [-0.15, -0.1) is 0 Å². The summed E-state index contributed by atoms with van der Waals surface area (Å²) < 4.78 is 0. The molecule has 5 N–H and O–H groups in total. The highest BCUT2D eigenvalue weighted by atomic mass is 16.6. The number of carbonyl (C=O) groups is 2. The molecule has 1 amide bonds. The van der Waals surface area contributed by atoms with Crippen LogP contribution in [-0.2, 0) is 22.6 Å². The van der Waals surface area contributed by atoms with Crippen molar-refractivity contribution in [2.24, 2.45) is 0 Å². The van der Waals surface area contributed by atoms with E-state index in [-0.39, 0.29) is 41.8 Å². The Morgan fingerprint density at radius 3 is 2.44 bits per heavy atom. The van der Waals surface area contributed by atoms with Crippen LogP contribution in [0.25, 0.3) is 11.0 Å². The number of hydrogen-bond acceptors (Lipinski definition) is 7. The first-order valence-corrected chi connectivity index (χ1v) is 9.45. The summed E-state index contributed by atoms with van der Waals surface area (Å²) >= 11 is 0. The first-order valence-electron chi connectivity index (χ1n) is 9.45. The van der Waals surface area contributed by atoms with Crippen LogP contribution in [0.2, 0.25) is 0 Å². The highest BCUT2D eigenvalue weighted by molar-refractivity contribution is 5.85. The lowest BCUT2D eigenvalue weighted by Crippen LogP contribution is -2.45. The first kappa shape index (κ1) is 22.4. The van der Waals surface area contributed by atoms with E-state index in [2.05, 4.69) is 20.6 Å². The Bertz CT molecular complexity index is 1280. The molecule has 166 valence electrons. The van der Waals surface area contributed by atoms with Gasteiger partial charge in [0.25, 0.3) is 5.69 Å². The van der Waals surface area contributed by atoms with Crippen molar-refractivity contribution in [1.82, 2.24) is 20.6 Å². The summed E-state index contributed by atoms with van der Waals surface area (Å²) in [6.07, 6.45) is 0.103. The molecular weight excluding hydrogens is 422 g/mol. The zero-order chi connectivity index (χ0) is 23.3. The fraction of sp³-hybridized carbons (Fsp3) is 0.200. The van der Waals surface area contributed by atoms with Gasteiger partial charge in [0.2, 0.25) is 5.91 Å². The number of nitro benzene ring substituents is 1. The second-order valence-electron chi connectivity index (χ2n) is 6.94. The van der Waals surface area contributed by atoms with Gasteiger partial charge >= 0.3 is 17.1 Å². The third-order valence-corrected chi connectivity index (χ3v) is 4.63. The lowest BCUT2D eigenvalue weighted by Gasteiger charge is -2.15. The molecule has 0 bridgehead atoms. The monoisotopic (exact) mass is 441 g/mol. The Hall–Kier alpha value is -4.32. The Balaban J connectivity index is 1.70. The number of H-pyrrole nitrogens is 2. The second-order valence-corrected chi connectivity index (χ2v) is 6.94. The standard InChI is InChI=1S/C20H19N5O7/c26-16(22-15(20(29)30)6-11-4-2-1-3-5-11)10-21-9-12-7-13(25(31)32)8-14-17(12)24-19(28)18(27)23-14/h1-5,7-8,15,21H,6,9-10H2,(H,22,26)(H,23,27)(H,24,28)(H,29,30). The van der Waals surface area contributed by atoms with Crippen molar-refractivity contribution in [3.05, 3.63) is 84.4 Å². The Kier molecular flexibility index (Phi) is 6.75. The molecule has 32 heavy (non-hydrogen) atoms. The molecule has 0 fully saturated rings. The third-order valence-electron chi connectivity index (χ3n) is 4.63. The molecule has 0 saturated heterocycles. The molecule has 12 heteroatoms. The number of aromatic nitrogens is 2. The highest BCUT2D eigenvalue weighted by Gasteiger charge is 2.20. The molecule has 2 aromatic carbocycles. The number of fused-ring (bicyclic) bond motifs is 1. The van der Waals surface area contributed by atoms with Crippen molar-refractivity contribution >= 4 is 28.6 Å². The number of carboxylic acid groups (broad SMARTS) is 1. The summed E-state index contributed by atoms with van der Waals surface area (Å²) in [4.78, 5) is 62.0. The minimum atomic E-state index is -1.19. The van der Waals surface area contributed by atoms with E-state index in [1.165, 1.54) is 6.07 Å². The minimum absolute atomic E-state index is 0.0655. The van der Waals surface area contributed by atoms with Crippen molar-refractivity contribution in [3.8, 4) is 0 Å². The van der Waals surface area contributed by atoms with Gasteiger partial charge in [-0.2, -0.15) is 0 Å². The molecule has 12 nitrogen and oxygen atoms in total. The molecule has 1 unspecified atom stereocenters. The number of rotatable bonds is 9. The van der Waals surface area contributed by atoms with E-state index in [1.807, 2.05) is 0 Å². The largest absolute Gasteiger partial charge is 0.480 e. The first-order chi connectivity index (χ1) is 15.2. The maximum atomic E-state index is 12.2. The van der Waals surface area contributed by atoms with Crippen LogP contribution in [0, 0.1) is 10.1 Å².